The third kappa shape index (κ3) is 1.88. The first-order valence-electron chi connectivity index (χ1n) is 6.50. The van der Waals surface area contributed by atoms with Crippen LogP contribution in [-0.4, -0.2) is 17.1 Å². The summed E-state index contributed by atoms with van der Waals surface area (Å²) in [4.78, 5) is 12.0. The molecule has 20 heavy (non-hydrogen) atoms. The number of aromatic nitrogens is 1. The van der Waals surface area contributed by atoms with Crippen molar-refractivity contribution >= 4 is 27.7 Å². The molecule has 3 rings (SSSR count). The van der Waals surface area contributed by atoms with E-state index < -0.39 is 0 Å². The largest absolute Gasteiger partial charge is 0.489 e. The highest BCUT2D eigenvalue weighted by Gasteiger charge is 2.13. The molecular weight excluding hydrogens is 250 g/mol. The van der Waals surface area contributed by atoms with Gasteiger partial charge in [-0.1, -0.05) is 30.9 Å². The van der Waals surface area contributed by atoms with E-state index in [4.69, 9.17) is 4.74 Å². The van der Waals surface area contributed by atoms with Crippen LogP contribution in [0, 0.1) is 0 Å². The maximum atomic E-state index is 12.0. The Morgan fingerprint density at radius 1 is 1.20 bits per heavy atom. The number of nitrogens with zero attached hydrogens (tertiary/aromatic N) is 1. The Bertz CT molecular complexity index is 814. The smallest absolute Gasteiger partial charge is 0.228 e. The molecule has 0 unspecified atom stereocenters. The molecule has 0 aliphatic heterocycles. The highest BCUT2D eigenvalue weighted by molar-refractivity contribution is 6.13. The summed E-state index contributed by atoms with van der Waals surface area (Å²) in [5.41, 5.74) is 1.80. The van der Waals surface area contributed by atoms with Gasteiger partial charge >= 0.3 is 0 Å². The van der Waals surface area contributed by atoms with Crippen molar-refractivity contribution in [3.8, 4) is 5.75 Å². The van der Waals surface area contributed by atoms with E-state index in [1.807, 2.05) is 42.5 Å². The van der Waals surface area contributed by atoms with Crippen molar-refractivity contribution in [3.63, 3.8) is 0 Å². The Balaban J connectivity index is 2.32. The van der Waals surface area contributed by atoms with Crippen LogP contribution in [0.4, 0.5) is 0 Å². The predicted molar refractivity (Wildman–Crippen MR) is 81.4 cm³/mol. The molecule has 1 aromatic heterocycles. The Labute approximate surface area is 117 Å². The Hall–Kier alpha value is -2.55. The first-order chi connectivity index (χ1) is 9.72. The van der Waals surface area contributed by atoms with E-state index in [9.17, 15) is 4.79 Å². The van der Waals surface area contributed by atoms with Crippen LogP contribution in [0.2, 0.25) is 0 Å². The lowest BCUT2D eigenvalue weighted by molar-refractivity contribution is 0.0946. The number of carbonyl (C=O) groups excluding carboxylic acids is 1. The van der Waals surface area contributed by atoms with Gasteiger partial charge in [-0.05, 0) is 18.2 Å². The summed E-state index contributed by atoms with van der Waals surface area (Å²) in [6.45, 7) is 5.66. The Kier molecular flexibility index (Phi) is 3.03. The molecule has 0 atom stereocenters. The maximum absolute atomic E-state index is 12.0. The minimum Gasteiger partial charge on any atom is -0.489 e. The summed E-state index contributed by atoms with van der Waals surface area (Å²) >= 11 is 0. The molecule has 0 saturated heterocycles. The fourth-order valence-electron chi connectivity index (χ4n) is 2.53. The Morgan fingerprint density at radius 3 is 2.70 bits per heavy atom. The lowest BCUT2D eigenvalue weighted by Crippen LogP contribution is -2.04. The van der Waals surface area contributed by atoms with Crippen molar-refractivity contribution < 1.29 is 9.53 Å². The second kappa shape index (κ2) is 4.85. The van der Waals surface area contributed by atoms with Gasteiger partial charge in [-0.3, -0.25) is 9.36 Å². The molecule has 0 aliphatic carbocycles. The summed E-state index contributed by atoms with van der Waals surface area (Å²) < 4.78 is 7.28. The SMILES string of the molecule is C=CCOc1ccc2c3ccccc3n(C(C)=O)c2c1. The van der Waals surface area contributed by atoms with Gasteiger partial charge in [0.25, 0.3) is 0 Å². The van der Waals surface area contributed by atoms with Gasteiger partial charge < -0.3 is 4.74 Å². The summed E-state index contributed by atoms with van der Waals surface area (Å²) in [5.74, 6) is 0.736. The molecular formula is C17H15NO2. The first kappa shape index (κ1) is 12.5. The zero-order valence-electron chi connectivity index (χ0n) is 11.3. The zero-order chi connectivity index (χ0) is 14.1. The average molecular weight is 265 g/mol. The predicted octanol–water partition coefficient (Wildman–Crippen LogP) is 4.02. The van der Waals surface area contributed by atoms with Gasteiger partial charge in [0.05, 0.1) is 11.0 Å². The molecule has 1 heterocycles. The summed E-state index contributed by atoms with van der Waals surface area (Å²) in [6.07, 6.45) is 1.70. The first-order valence-corrected chi connectivity index (χ1v) is 6.50. The molecule has 100 valence electrons. The zero-order valence-corrected chi connectivity index (χ0v) is 11.3. The number of ether oxygens (including phenoxy) is 1. The van der Waals surface area contributed by atoms with Crippen molar-refractivity contribution in [1.82, 2.24) is 4.57 Å². The maximum Gasteiger partial charge on any atom is 0.228 e. The molecule has 0 spiro atoms. The van der Waals surface area contributed by atoms with Gasteiger partial charge in [0.2, 0.25) is 5.91 Å². The number of hydrogen-bond donors (Lipinski definition) is 0. The normalized spacial score (nSPS) is 10.8. The molecule has 0 radical (unpaired) electrons. The van der Waals surface area contributed by atoms with Crippen LogP contribution in [0.25, 0.3) is 21.8 Å². The number of rotatable bonds is 3. The van der Waals surface area contributed by atoms with Crippen LogP contribution in [0.1, 0.15) is 11.7 Å². The van der Waals surface area contributed by atoms with Crippen LogP contribution in [-0.2, 0) is 0 Å². The number of benzene rings is 2. The molecule has 2 aromatic carbocycles. The second-order valence-corrected chi connectivity index (χ2v) is 4.65. The quantitative estimate of drug-likeness (QED) is 0.670. The Morgan fingerprint density at radius 2 is 1.95 bits per heavy atom. The molecule has 3 nitrogen and oxygen atoms in total. The highest BCUT2D eigenvalue weighted by atomic mass is 16.5. The summed E-state index contributed by atoms with van der Waals surface area (Å²) in [5, 5.41) is 2.13. The monoisotopic (exact) mass is 265 g/mol. The van der Waals surface area contributed by atoms with Crippen LogP contribution in [0.15, 0.2) is 55.1 Å². The van der Waals surface area contributed by atoms with Crippen LogP contribution >= 0.6 is 0 Å². The minimum atomic E-state index is -0.00271. The van der Waals surface area contributed by atoms with Gasteiger partial charge in [-0.15, -0.1) is 0 Å². The van der Waals surface area contributed by atoms with E-state index in [0.29, 0.717) is 6.61 Å². The second-order valence-electron chi connectivity index (χ2n) is 4.65. The number of fused-ring (bicyclic) bond motifs is 3. The van der Waals surface area contributed by atoms with Crippen molar-refractivity contribution in [2.24, 2.45) is 0 Å². The van der Waals surface area contributed by atoms with Crippen LogP contribution < -0.4 is 4.74 Å². The third-order valence-corrected chi connectivity index (χ3v) is 3.33. The summed E-state index contributed by atoms with van der Waals surface area (Å²) in [7, 11) is 0. The summed E-state index contributed by atoms with van der Waals surface area (Å²) in [6, 6.07) is 13.7. The van der Waals surface area contributed by atoms with Crippen molar-refractivity contribution in [2.75, 3.05) is 6.61 Å². The van der Waals surface area contributed by atoms with Gasteiger partial charge in [0, 0.05) is 23.8 Å². The standard InChI is InChI=1S/C17H15NO2/c1-3-10-20-13-8-9-15-14-6-4-5-7-16(14)18(12(2)19)17(15)11-13/h3-9,11H,1,10H2,2H3. The molecule has 3 aromatic rings. The van der Waals surface area contributed by atoms with Gasteiger partial charge in [0.15, 0.2) is 0 Å². The van der Waals surface area contributed by atoms with Gasteiger partial charge in [-0.2, -0.15) is 0 Å². The molecule has 0 N–H and O–H groups in total. The van der Waals surface area contributed by atoms with E-state index in [1.165, 1.54) is 0 Å². The van der Waals surface area contributed by atoms with E-state index >= 15 is 0 Å². The molecule has 0 amide bonds. The van der Waals surface area contributed by atoms with E-state index in [1.54, 1.807) is 17.6 Å². The molecule has 0 saturated carbocycles. The molecule has 0 bridgehead atoms. The van der Waals surface area contributed by atoms with E-state index in [2.05, 4.69) is 6.58 Å². The van der Waals surface area contributed by atoms with E-state index in [0.717, 1.165) is 27.6 Å². The number of carbonyl (C=O) groups is 1. The van der Waals surface area contributed by atoms with Crippen LogP contribution in [0.5, 0.6) is 5.75 Å². The fourth-order valence-corrected chi connectivity index (χ4v) is 2.53. The number of hydrogen-bond acceptors (Lipinski definition) is 2. The lowest BCUT2D eigenvalue weighted by atomic mass is 10.1. The van der Waals surface area contributed by atoms with Crippen molar-refractivity contribution in [2.45, 2.75) is 6.92 Å². The van der Waals surface area contributed by atoms with Gasteiger partial charge in [-0.25, -0.2) is 0 Å². The minimum absolute atomic E-state index is 0.00271. The molecule has 0 aliphatic rings. The lowest BCUT2D eigenvalue weighted by Gasteiger charge is -2.05. The molecule has 0 fully saturated rings. The van der Waals surface area contributed by atoms with Crippen molar-refractivity contribution in [3.05, 3.63) is 55.1 Å². The van der Waals surface area contributed by atoms with Crippen molar-refractivity contribution in [1.29, 1.82) is 0 Å². The topological polar surface area (TPSA) is 31.2 Å². The fraction of sp³-hybridized carbons (Fsp3) is 0.118. The highest BCUT2D eigenvalue weighted by Crippen LogP contribution is 2.31. The molecule has 3 heteroatoms. The van der Waals surface area contributed by atoms with Crippen LogP contribution in [0.3, 0.4) is 0 Å². The van der Waals surface area contributed by atoms with Gasteiger partial charge in [0.1, 0.15) is 12.4 Å². The average Bonchev–Trinajstić information content (AvgIpc) is 2.78. The number of para-hydroxylation sites is 1. The third-order valence-electron chi connectivity index (χ3n) is 3.33. The van der Waals surface area contributed by atoms with E-state index in [-0.39, 0.29) is 5.91 Å².